The number of aliphatic hydroxyl groups excluding tert-OH is 2. The molecule has 0 radical (unpaired) electrons. The van der Waals surface area contributed by atoms with E-state index in [1.807, 2.05) is 60.7 Å². The fourth-order valence-electron chi connectivity index (χ4n) is 5.65. The molecule has 6 nitrogen and oxygen atoms in total. The molecule has 184 valence electrons. The van der Waals surface area contributed by atoms with Crippen molar-refractivity contribution >= 4 is 0 Å². The van der Waals surface area contributed by atoms with Gasteiger partial charge in [-0.1, -0.05) is 67.1 Å². The van der Waals surface area contributed by atoms with Crippen molar-refractivity contribution in [3.8, 4) is 0 Å². The largest absolute Gasteiger partial charge is 0.388 e. The molecule has 2 aromatic rings. The Morgan fingerprint density at radius 2 is 1.41 bits per heavy atom. The normalized spacial score (nSPS) is 33.2. The van der Waals surface area contributed by atoms with Gasteiger partial charge >= 0.3 is 0 Å². The maximum atomic E-state index is 11.2. The minimum Gasteiger partial charge on any atom is -0.388 e. The van der Waals surface area contributed by atoms with Crippen LogP contribution in [0.3, 0.4) is 0 Å². The predicted octanol–water partition coefficient (Wildman–Crippen LogP) is 3.97. The molecule has 0 amide bonds. The van der Waals surface area contributed by atoms with Crippen LogP contribution in [0.5, 0.6) is 0 Å². The highest BCUT2D eigenvalue weighted by Crippen LogP contribution is 2.43. The van der Waals surface area contributed by atoms with Crippen LogP contribution in [0.1, 0.15) is 49.7 Å². The lowest BCUT2D eigenvalue weighted by atomic mass is 9.77. The molecule has 2 aromatic carbocycles. The molecule has 1 spiro atoms. The number of rotatable bonds is 7. The van der Waals surface area contributed by atoms with Crippen LogP contribution in [0.2, 0.25) is 0 Å². The van der Waals surface area contributed by atoms with Gasteiger partial charge in [-0.2, -0.15) is 0 Å². The van der Waals surface area contributed by atoms with Crippen molar-refractivity contribution in [2.24, 2.45) is 5.92 Å². The Balaban J connectivity index is 1.31. The summed E-state index contributed by atoms with van der Waals surface area (Å²) in [5, 5.41) is 22.1. The van der Waals surface area contributed by atoms with Crippen molar-refractivity contribution < 1.29 is 29.2 Å². The molecule has 6 heteroatoms. The Kier molecular flexibility index (Phi) is 7.64. The van der Waals surface area contributed by atoms with Crippen LogP contribution >= 0.6 is 0 Å². The summed E-state index contributed by atoms with van der Waals surface area (Å²) in [6.07, 6.45) is 2.38. The zero-order chi connectivity index (χ0) is 23.4. The van der Waals surface area contributed by atoms with Crippen molar-refractivity contribution in [3.63, 3.8) is 0 Å². The van der Waals surface area contributed by atoms with Crippen molar-refractivity contribution in [2.75, 3.05) is 6.61 Å². The van der Waals surface area contributed by atoms with Crippen molar-refractivity contribution in [3.05, 3.63) is 71.8 Å². The molecule has 6 atom stereocenters. The van der Waals surface area contributed by atoms with E-state index in [-0.39, 0.29) is 12.0 Å². The van der Waals surface area contributed by atoms with Crippen molar-refractivity contribution in [1.82, 2.24) is 0 Å². The molecule has 2 saturated carbocycles. The van der Waals surface area contributed by atoms with Gasteiger partial charge in [0.05, 0.1) is 38.1 Å². The van der Waals surface area contributed by atoms with Gasteiger partial charge in [-0.3, -0.25) is 0 Å². The Morgan fingerprint density at radius 1 is 0.794 bits per heavy atom. The number of benzene rings is 2. The topological polar surface area (TPSA) is 77.4 Å². The standard InChI is InChI=1S/C28H36O6/c29-25-23(31-17-20-10-4-1-5-11-20)16-22(24-19-33-28(34-24)14-8-3-9-15-28)27(26(25)30)32-18-21-12-6-2-7-13-21/h1-2,4-7,10-13,22-27,29-30H,3,8-9,14-19H2/t22-,23-,24+,25+,26+,27+/m0/s1. The third-order valence-electron chi connectivity index (χ3n) is 7.56. The summed E-state index contributed by atoms with van der Waals surface area (Å²) in [6.45, 7) is 1.22. The second-order valence-electron chi connectivity index (χ2n) is 9.92. The molecule has 5 rings (SSSR count). The third-order valence-corrected chi connectivity index (χ3v) is 7.56. The predicted molar refractivity (Wildman–Crippen MR) is 127 cm³/mol. The summed E-state index contributed by atoms with van der Waals surface area (Å²) in [7, 11) is 0. The van der Waals surface area contributed by atoms with E-state index in [0.29, 0.717) is 26.2 Å². The van der Waals surface area contributed by atoms with E-state index in [9.17, 15) is 10.2 Å². The van der Waals surface area contributed by atoms with E-state index in [1.165, 1.54) is 6.42 Å². The summed E-state index contributed by atoms with van der Waals surface area (Å²) in [4.78, 5) is 0. The van der Waals surface area contributed by atoms with E-state index < -0.39 is 30.2 Å². The molecular formula is C28H36O6. The molecule has 1 saturated heterocycles. The molecule has 0 unspecified atom stereocenters. The van der Waals surface area contributed by atoms with Gasteiger partial charge in [0.25, 0.3) is 0 Å². The van der Waals surface area contributed by atoms with Gasteiger partial charge in [-0.25, -0.2) is 0 Å². The lowest BCUT2D eigenvalue weighted by Crippen LogP contribution is -2.58. The quantitative estimate of drug-likeness (QED) is 0.640. The van der Waals surface area contributed by atoms with Gasteiger partial charge in [-0.05, 0) is 30.4 Å². The lowest BCUT2D eigenvalue weighted by Gasteiger charge is -2.44. The minimum atomic E-state index is -1.07. The van der Waals surface area contributed by atoms with Crippen molar-refractivity contribution in [1.29, 1.82) is 0 Å². The monoisotopic (exact) mass is 468 g/mol. The zero-order valence-corrected chi connectivity index (χ0v) is 19.6. The Hall–Kier alpha value is -1.80. The van der Waals surface area contributed by atoms with E-state index in [2.05, 4.69) is 0 Å². The van der Waals surface area contributed by atoms with Gasteiger partial charge in [0.2, 0.25) is 0 Å². The van der Waals surface area contributed by atoms with Crippen LogP contribution in [0, 0.1) is 5.92 Å². The highest BCUT2D eigenvalue weighted by atomic mass is 16.7. The smallest absolute Gasteiger partial charge is 0.168 e. The van der Waals surface area contributed by atoms with Crippen LogP contribution in [-0.4, -0.2) is 53.1 Å². The fraction of sp³-hybridized carbons (Fsp3) is 0.571. The summed E-state index contributed by atoms with van der Waals surface area (Å²) >= 11 is 0. The van der Waals surface area contributed by atoms with Crippen LogP contribution in [-0.2, 0) is 32.2 Å². The average Bonchev–Trinajstić information content (AvgIpc) is 3.28. The second kappa shape index (κ2) is 10.9. The van der Waals surface area contributed by atoms with Crippen LogP contribution in [0.25, 0.3) is 0 Å². The molecule has 34 heavy (non-hydrogen) atoms. The highest BCUT2D eigenvalue weighted by molar-refractivity contribution is 5.14. The lowest BCUT2D eigenvalue weighted by molar-refractivity contribution is -0.228. The fourth-order valence-corrected chi connectivity index (χ4v) is 5.65. The summed E-state index contributed by atoms with van der Waals surface area (Å²) in [5.41, 5.74) is 2.06. The average molecular weight is 469 g/mol. The molecule has 0 bridgehead atoms. The van der Waals surface area contributed by atoms with E-state index in [0.717, 1.165) is 36.8 Å². The third kappa shape index (κ3) is 5.38. The van der Waals surface area contributed by atoms with Gasteiger partial charge in [0.1, 0.15) is 12.2 Å². The first-order chi connectivity index (χ1) is 16.6. The summed E-state index contributed by atoms with van der Waals surface area (Å²) in [5.74, 6) is -0.655. The maximum Gasteiger partial charge on any atom is 0.168 e. The zero-order valence-electron chi connectivity index (χ0n) is 19.6. The van der Waals surface area contributed by atoms with E-state index in [4.69, 9.17) is 18.9 Å². The van der Waals surface area contributed by atoms with Gasteiger partial charge < -0.3 is 29.2 Å². The van der Waals surface area contributed by atoms with Crippen LogP contribution in [0.4, 0.5) is 0 Å². The molecule has 0 aromatic heterocycles. The first-order valence-electron chi connectivity index (χ1n) is 12.6. The molecule has 1 aliphatic heterocycles. The number of hydrogen-bond acceptors (Lipinski definition) is 6. The summed E-state index contributed by atoms with van der Waals surface area (Å²) < 4.78 is 25.2. The van der Waals surface area contributed by atoms with Crippen LogP contribution in [0.15, 0.2) is 60.7 Å². The molecule has 1 heterocycles. The first kappa shape index (κ1) is 23.9. The Morgan fingerprint density at radius 3 is 2.06 bits per heavy atom. The van der Waals surface area contributed by atoms with Gasteiger partial charge in [0.15, 0.2) is 5.79 Å². The second-order valence-corrected chi connectivity index (χ2v) is 9.92. The minimum absolute atomic E-state index is 0.149. The highest BCUT2D eigenvalue weighted by Gasteiger charge is 2.52. The first-order valence-corrected chi connectivity index (χ1v) is 12.6. The van der Waals surface area contributed by atoms with Crippen molar-refractivity contribution in [2.45, 2.75) is 88.0 Å². The number of aliphatic hydroxyl groups is 2. The Labute approximate surface area is 201 Å². The molecule has 3 aliphatic rings. The van der Waals surface area contributed by atoms with E-state index in [1.54, 1.807) is 0 Å². The number of ether oxygens (including phenoxy) is 4. The SMILES string of the molecule is O[C@@H]1[C@H](O)[C@@H](OCc2ccccc2)C[C@@H]([C@H]2COC3(CCCCC3)O2)[C@H]1OCc1ccccc1. The number of hydrogen-bond donors (Lipinski definition) is 2. The maximum absolute atomic E-state index is 11.2. The molecule has 2 aliphatic carbocycles. The Bertz CT molecular complexity index is 884. The molecule has 3 fully saturated rings. The molecular weight excluding hydrogens is 432 g/mol. The van der Waals surface area contributed by atoms with E-state index >= 15 is 0 Å². The summed E-state index contributed by atoms with van der Waals surface area (Å²) in [6, 6.07) is 19.8. The van der Waals surface area contributed by atoms with Crippen LogP contribution < -0.4 is 0 Å². The van der Waals surface area contributed by atoms with Gasteiger partial charge in [0, 0.05) is 18.8 Å². The molecule has 2 N–H and O–H groups in total. The van der Waals surface area contributed by atoms with Gasteiger partial charge in [-0.15, -0.1) is 0 Å².